The van der Waals surface area contributed by atoms with E-state index >= 15 is 0 Å². The first-order chi connectivity index (χ1) is 15.7. The Balaban J connectivity index is 1.21. The molecule has 4 aliphatic carbocycles. The normalized spacial score (nSPS) is 34.7. The summed E-state index contributed by atoms with van der Waals surface area (Å²) in [4.78, 5) is 27.8. The number of likely N-dealkylation sites (tertiary alicyclic amines) is 1. The fourth-order valence-electron chi connectivity index (χ4n) is 8.23. The molecule has 5 heteroatoms. The number of thiol groups is 1. The van der Waals surface area contributed by atoms with Gasteiger partial charge in [0.05, 0.1) is 0 Å². The number of aryl methyl sites for hydroxylation is 3. The third-order valence-electron chi connectivity index (χ3n) is 9.39. The first kappa shape index (κ1) is 23.3. The Labute approximate surface area is 204 Å². The van der Waals surface area contributed by atoms with Crippen LogP contribution < -0.4 is 5.32 Å². The van der Waals surface area contributed by atoms with Crippen molar-refractivity contribution < 1.29 is 9.59 Å². The zero-order chi connectivity index (χ0) is 23.3. The van der Waals surface area contributed by atoms with Crippen molar-refractivity contribution in [3.63, 3.8) is 0 Å². The molecule has 5 aliphatic rings. The summed E-state index contributed by atoms with van der Waals surface area (Å²) in [6.45, 7) is 7.21. The van der Waals surface area contributed by atoms with Gasteiger partial charge < -0.3 is 10.2 Å². The zero-order valence-corrected chi connectivity index (χ0v) is 21.4. The van der Waals surface area contributed by atoms with Crippen LogP contribution in [0.25, 0.3) is 0 Å². The first-order valence-corrected chi connectivity index (χ1v) is 13.6. The van der Waals surface area contributed by atoms with Gasteiger partial charge in [-0.1, -0.05) is 17.7 Å². The van der Waals surface area contributed by atoms with Gasteiger partial charge in [-0.15, -0.1) is 12.6 Å². The average molecular weight is 469 g/mol. The standard InChI is InChI=1S/C28H40N2O2S/c1-17-9-18(2)19(3)24(10-17)6-4-5-23-7-8-30(25(23)26(31)33)27(32)29-28-14-20-11-21(15-28)13-22(12-20)16-28/h9-10,20-23,25H,4-8,11-16H2,1-3H3,(H,29,32)(H,31,33). The number of hydrogen-bond acceptors (Lipinski definition) is 2. The molecule has 33 heavy (non-hydrogen) atoms. The van der Waals surface area contributed by atoms with E-state index in [1.165, 1.54) is 41.5 Å². The maximum Gasteiger partial charge on any atom is 0.318 e. The van der Waals surface area contributed by atoms with Crippen molar-refractivity contribution in [1.82, 2.24) is 10.2 Å². The minimum Gasteiger partial charge on any atom is -0.333 e. The predicted molar refractivity (Wildman–Crippen MR) is 136 cm³/mol. The molecule has 1 aliphatic heterocycles. The second-order valence-electron chi connectivity index (χ2n) is 11.9. The van der Waals surface area contributed by atoms with Crippen molar-refractivity contribution in [3.8, 4) is 0 Å². The fourth-order valence-corrected chi connectivity index (χ4v) is 8.58. The summed E-state index contributed by atoms with van der Waals surface area (Å²) >= 11 is 4.24. The van der Waals surface area contributed by atoms with Gasteiger partial charge in [-0.2, -0.15) is 0 Å². The Morgan fingerprint density at radius 3 is 2.30 bits per heavy atom. The van der Waals surface area contributed by atoms with Crippen LogP contribution in [0.4, 0.5) is 4.79 Å². The van der Waals surface area contributed by atoms with Crippen molar-refractivity contribution in [1.29, 1.82) is 0 Å². The Kier molecular flexibility index (Phi) is 6.30. The molecule has 1 aromatic rings. The lowest BCUT2D eigenvalue weighted by molar-refractivity contribution is -0.115. The van der Waals surface area contributed by atoms with Crippen LogP contribution in [0.15, 0.2) is 12.1 Å². The van der Waals surface area contributed by atoms with Gasteiger partial charge in [-0.05, 0) is 125 Å². The number of carbonyl (C=O) groups is 2. The number of amides is 2. The molecular formula is C28H40N2O2S. The van der Waals surface area contributed by atoms with E-state index in [2.05, 4.69) is 50.8 Å². The van der Waals surface area contributed by atoms with Crippen LogP contribution in [-0.4, -0.2) is 34.2 Å². The maximum absolute atomic E-state index is 13.4. The number of nitrogens with zero attached hydrogens (tertiary/aromatic N) is 1. The smallest absolute Gasteiger partial charge is 0.318 e. The van der Waals surface area contributed by atoms with E-state index in [4.69, 9.17) is 0 Å². The van der Waals surface area contributed by atoms with E-state index in [-0.39, 0.29) is 28.6 Å². The van der Waals surface area contributed by atoms with E-state index in [0.717, 1.165) is 62.7 Å². The topological polar surface area (TPSA) is 49.4 Å². The van der Waals surface area contributed by atoms with Crippen LogP contribution in [0, 0.1) is 44.4 Å². The van der Waals surface area contributed by atoms with Gasteiger partial charge in [-0.25, -0.2) is 4.79 Å². The van der Waals surface area contributed by atoms with Crippen LogP contribution in [0.3, 0.4) is 0 Å². The predicted octanol–water partition coefficient (Wildman–Crippen LogP) is 5.76. The Morgan fingerprint density at radius 1 is 1.06 bits per heavy atom. The highest BCUT2D eigenvalue weighted by atomic mass is 32.1. The number of hydrogen-bond donors (Lipinski definition) is 2. The molecule has 4 saturated carbocycles. The summed E-state index contributed by atoms with van der Waals surface area (Å²) in [5.41, 5.74) is 5.43. The molecule has 0 radical (unpaired) electrons. The molecule has 1 saturated heterocycles. The highest BCUT2D eigenvalue weighted by Crippen LogP contribution is 2.55. The van der Waals surface area contributed by atoms with Crippen LogP contribution in [0.2, 0.25) is 0 Å². The van der Waals surface area contributed by atoms with Crippen LogP contribution in [0.5, 0.6) is 0 Å². The second-order valence-corrected chi connectivity index (χ2v) is 12.4. The monoisotopic (exact) mass is 468 g/mol. The lowest BCUT2D eigenvalue weighted by Gasteiger charge is -2.57. The number of urea groups is 1. The van der Waals surface area contributed by atoms with Gasteiger partial charge in [0.25, 0.3) is 0 Å². The molecule has 0 spiro atoms. The second kappa shape index (κ2) is 8.94. The molecule has 4 nitrogen and oxygen atoms in total. The number of rotatable bonds is 6. The molecule has 1 heterocycles. The van der Waals surface area contributed by atoms with E-state index in [1.807, 2.05) is 4.90 Å². The summed E-state index contributed by atoms with van der Waals surface area (Å²) in [6.07, 6.45) is 11.4. The van der Waals surface area contributed by atoms with Crippen molar-refractivity contribution in [2.45, 2.75) is 96.6 Å². The fraction of sp³-hybridized carbons (Fsp3) is 0.714. The molecule has 2 unspecified atom stereocenters. The van der Waals surface area contributed by atoms with Crippen LogP contribution in [0.1, 0.15) is 80.0 Å². The van der Waals surface area contributed by atoms with Gasteiger partial charge >= 0.3 is 6.03 Å². The third kappa shape index (κ3) is 4.59. The van der Waals surface area contributed by atoms with Gasteiger partial charge in [0.1, 0.15) is 6.04 Å². The van der Waals surface area contributed by atoms with E-state index in [0.29, 0.717) is 6.54 Å². The molecule has 180 valence electrons. The largest absolute Gasteiger partial charge is 0.333 e. The number of nitrogens with one attached hydrogen (secondary N) is 1. The Hall–Kier alpha value is -1.49. The lowest BCUT2D eigenvalue weighted by Crippen LogP contribution is -2.62. The van der Waals surface area contributed by atoms with Crippen molar-refractivity contribution in [2.24, 2.45) is 23.7 Å². The maximum atomic E-state index is 13.4. The molecule has 1 N–H and O–H groups in total. The first-order valence-electron chi connectivity index (χ1n) is 13.1. The van der Waals surface area contributed by atoms with Gasteiger partial charge in [0.2, 0.25) is 5.12 Å². The molecule has 0 aromatic heterocycles. The lowest BCUT2D eigenvalue weighted by atomic mass is 9.53. The van der Waals surface area contributed by atoms with E-state index in [1.54, 1.807) is 0 Å². The van der Waals surface area contributed by atoms with Gasteiger partial charge in [-0.3, -0.25) is 4.79 Å². The van der Waals surface area contributed by atoms with Gasteiger partial charge in [0, 0.05) is 12.1 Å². The number of benzene rings is 1. The molecule has 2 atom stereocenters. The summed E-state index contributed by atoms with van der Waals surface area (Å²) in [5, 5.41) is 3.32. The molecule has 1 aromatic carbocycles. The quantitative estimate of drug-likeness (QED) is 0.522. The molecule has 5 fully saturated rings. The van der Waals surface area contributed by atoms with Crippen LogP contribution >= 0.6 is 12.6 Å². The third-order valence-corrected chi connectivity index (χ3v) is 9.65. The van der Waals surface area contributed by atoms with Crippen LogP contribution in [-0.2, 0) is 11.2 Å². The Bertz CT molecular complexity index is 907. The molecule has 4 bridgehead atoms. The Morgan fingerprint density at radius 2 is 1.70 bits per heavy atom. The summed E-state index contributed by atoms with van der Waals surface area (Å²) in [7, 11) is 0. The molecular weight excluding hydrogens is 428 g/mol. The molecule has 6 rings (SSSR count). The minimum absolute atomic E-state index is 0.0167. The summed E-state index contributed by atoms with van der Waals surface area (Å²) in [5.74, 6) is 2.58. The van der Waals surface area contributed by atoms with Crippen molar-refractivity contribution in [3.05, 3.63) is 34.4 Å². The summed E-state index contributed by atoms with van der Waals surface area (Å²) in [6, 6.07) is 4.13. The SMILES string of the molecule is Cc1cc(C)c(C)c(CCCC2CCN(C(=O)NC34CC5CC(CC(C5)C3)C4)C2C(=O)S)c1. The molecule has 2 amide bonds. The zero-order valence-electron chi connectivity index (χ0n) is 20.5. The minimum atomic E-state index is -0.386. The highest BCUT2D eigenvalue weighted by molar-refractivity contribution is 7.96. The average Bonchev–Trinajstić information content (AvgIpc) is 3.14. The van der Waals surface area contributed by atoms with E-state index in [9.17, 15) is 9.59 Å². The number of carbonyl (C=O) groups excluding carboxylic acids is 2. The van der Waals surface area contributed by atoms with Crippen molar-refractivity contribution >= 4 is 23.8 Å². The van der Waals surface area contributed by atoms with Gasteiger partial charge in [0.15, 0.2) is 0 Å². The highest BCUT2D eigenvalue weighted by Gasteiger charge is 2.52. The van der Waals surface area contributed by atoms with E-state index < -0.39 is 0 Å². The van der Waals surface area contributed by atoms with Crippen molar-refractivity contribution in [2.75, 3.05) is 6.54 Å². The summed E-state index contributed by atoms with van der Waals surface area (Å²) < 4.78 is 0.